The Hall–Kier alpha value is -3.19. The second-order valence-corrected chi connectivity index (χ2v) is 7.54. The number of aryl methyl sites for hydroxylation is 2. The minimum absolute atomic E-state index is 0.126. The average molecular weight is 426 g/mol. The molecule has 3 aromatic rings. The maximum Gasteiger partial charge on any atom is 0.196 e. The Bertz CT molecular complexity index is 1230. The largest absolute Gasteiger partial charge is 0.453 e. The number of aromatic nitrogens is 1. The zero-order chi connectivity index (χ0) is 22.0. The van der Waals surface area contributed by atoms with Gasteiger partial charge in [0.25, 0.3) is 0 Å². The van der Waals surface area contributed by atoms with Crippen molar-refractivity contribution >= 4 is 40.2 Å². The Morgan fingerprint density at radius 2 is 2.03 bits per heavy atom. The molecule has 0 amide bonds. The highest BCUT2D eigenvalue weighted by molar-refractivity contribution is 6.37. The van der Waals surface area contributed by atoms with Crippen molar-refractivity contribution in [2.75, 3.05) is 12.4 Å². The van der Waals surface area contributed by atoms with Gasteiger partial charge in [-0.25, -0.2) is 4.98 Å². The summed E-state index contributed by atoms with van der Waals surface area (Å²) in [5, 5.41) is 8.11. The topological polar surface area (TPSA) is 106 Å². The maximum absolute atomic E-state index is 13.1. The predicted molar refractivity (Wildman–Crippen MR) is 123 cm³/mol. The number of nitrogens with one attached hydrogen (secondary N) is 1. The molecule has 30 heavy (non-hydrogen) atoms. The molecule has 0 aliphatic rings. The fourth-order valence-electron chi connectivity index (χ4n) is 3.40. The summed E-state index contributed by atoms with van der Waals surface area (Å²) in [5.74, 6) is 5.82. The molecule has 7 nitrogen and oxygen atoms in total. The first-order valence-corrected chi connectivity index (χ1v) is 9.82. The van der Waals surface area contributed by atoms with E-state index in [0.717, 1.165) is 22.5 Å². The van der Waals surface area contributed by atoms with Gasteiger partial charge < -0.3 is 15.6 Å². The Morgan fingerprint density at radius 1 is 1.30 bits per heavy atom. The van der Waals surface area contributed by atoms with Crippen LogP contribution in [0.5, 0.6) is 0 Å². The standard InChI is InChI=1S/C22H24ClN5O2/c1-11-8-15(13(3)26-17-6-7-19(23)27-14(17)4)22-16(9-11)20(29)12(2)21(30-22)18(28-24)10-25-5/h6-10,13,26H,24H2,1-5H3/b25-10?,28-18+. The fourth-order valence-corrected chi connectivity index (χ4v) is 3.59. The van der Waals surface area contributed by atoms with Crippen molar-refractivity contribution in [3.05, 3.63) is 67.8 Å². The molecule has 1 atom stereocenters. The van der Waals surface area contributed by atoms with Crippen LogP contribution in [0.1, 0.15) is 41.1 Å². The number of hydrogen-bond acceptors (Lipinski definition) is 7. The molecular formula is C22H24ClN5O2. The number of nitrogens with zero attached hydrogens (tertiary/aromatic N) is 3. The summed E-state index contributed by atoms with van der Waals surface area (Å²) in [6, 6.07) is 7.26. The van der Waals surface area contributed by atoms with Gasteiger partial charge in [-0.1, -0.05) is 17.7 Å². The number of halogens is 1. The van der Waals surface area contributed by atoms with Crippen molar-refractivity contribution in [1.82, 2.24) is 4.98 Å². The number of benzene rings is 1. The van der Waals surface area contributed by atoms with E-state index in [1.165, 1.54) is 6.21 Å². The summed E-state index contributed by atoms with van der Waals surface area (Å²) in [6.07, 6.45) is 1.47. The highest BCUT2D eigenvalue weighted by Gasteiger charge is 2.20. The third-order valence-corrected chi connectivity index (χ3v) is 5.12. The molecule has 2 aromatic heterocycles. The first kappa shape index (κ1) is 21.5. The molecule has 0 aliphatic heterocycles. The summed E-state index contributed by atoms with van der Waals surface area (Å²) < 4.78 is 6.19. The lowest BCUT2D eigenvalue weighted by molar-refractivity contribution is 0.580. The molecule has 3 rings (SSSR count). The minimum Gasteiger partial charge on any atom is -0.453 e. The fraction of sp³-hybridized carbons (Fsp3) is 0.273. The molecule has 0 saturated heterocycles. The number of pyridine rings is 1. The normalized spacial score (nSPS) is 13.2. The molecule has 0 radical (unpaired) electrons. The van der Waals surface area contributed by atoms with E-state index in [2.05, 4.69) is 20.4 Å². The molecule has 3 N–H and O–H groups in total. The number of nitrogens with two attached hydrogens (primary N) is 1. The van der Waals surface area contributed by atoms with Gasteiger partial charge >= 0.3 is 0 Å². The first-order chi connectivity index (χ1) is 14.3. The van der Waals surface area contributed by atoms with E-state index in [9.17, 15) is 4.79 Å². The van der Waals surface area contributed by atoms with Crippen LogP contribution in [0.15, 0.2) is 43.6 Å². The van der Waals surface area contributed by atoms with E-state index in [0.29, 0.717) is 33.2 Å². The lowest BCUT2D eigenvalue weighted by atomic mass is 9.99. The Labute approximate surface area is 179 Å². The quantitative estimate of drug-likeness (QED) is 0.274. The number of hydrazone groups is 1. The van der Waals surface area contributed by atoms with Gasteiger partial charge in [-0.15, -0.1) is 0 Å². The molecule has 0 bridgehead atoms. The van der Waals surface area contributed by atoms with E-state index in [-0.39, 0.29) is 11.5 Å². The van der Waals surface area contributed by atoms with Crippen LogP contribution in [0.25, 0.3) is 11.0 Å². The average Bonchev–Trinajstić information content (AvgIpc) is 2.71. The number of hydrogen-bond donors (Lipinski definition) is 2. The molecule has 2 heterocycles. The van der Waals surface area contributed by atoms with E-state index < -0.39 is 0 Å². The van der Waals surface area contributed by atoms with Crippen LogP contribution in [-0.4, -0.2) is 24.0 Å². The number of fused-ring (bicyclic) bond motifs is 1. The third kappa shape index (κ3) is 4.07. The van der Waals surface area contributed by atoms with Crippen LogP contribution >= 0.6 is 11.6 Å². The van der Waals surface area contributed by atoms with Crippen molar-refractivity contribution in [2.45, 2.75) is 33.7 Å². The number of rotatable bonds is 5. The molecule has 0 aliphatic carbocycles. The SMILES string of the molecule is CN=C/C(=N\N)c1oc2c(C(C)Nc3ccc(Cl)nc3C)cc(C)cc2c(=O)c1C. The van der Waals surface area contributed by atoms with Crippen LogP contribution in [0.3, 0.4) is 0 Å². The molecule has 0 saturated carbocycles. The Morgan fingerprint density at radius 3 is 2.67 bits per heavy atom. The lowest BCUT2D eigenvalue weighted by Gasteiger charge is -2.19. The van der Waals surface area contributed by atoms with Crippen LogP contribution in [0.4, 0.5) is 5.69 Å². The van der Waals surface area contributed by atoms with Gasteiger partial charge in [-0.05, 0) is 51.5 Å². The van der Waals surface area contributed by atoms with Crippen LogP contribution < -0.4 is 16.6 Å². The summed E-state index contributed by atoms with van der Waals surface area (Å²) in [4.78, 5) is 21.3. The van der Waals surface area contributed by atoms with Crippen molar-refractivity contribution in [3.8, 4) is 0 Å². The Balaban J connectivity index is 2.21. The van der Waals surface area contributed by atoms with Gasteiger partial charge in [-0.2, -0.15) is 5.10 Å². The van der Waals surface area contributed by atoms with Crippen LogP contribution in [-0.2, 0) is 0 Å². The van der Waals surface area contributed by atoms with Gasteiger partial charge in [0.1, 0.15) is 16.4 Å². The summed E-state index contributed by atoms with van der Waals surface area (Å²) >= 11 is 5.97. The third-order valence-electron chi connectivity index (χ3n) is 4.91. The van der Waals surface area contributed by atoms with Gasteiger partial charge in [0, 0.05) is 18.2 Å². The zero-order valence-corrected chi connectivity index (χ0v) is 18.3. The van der Waals surface area contributed by atoms with Gasteiger partial charge in [0.05, 0.1) is 29.0 Å². The molecule has 8 heteroatoms. The van der Waals surface area contributed by atoms with Crippen molar-refractivity contribution in [1.29, 1.82) is 0 Å². The van der Waals surface area contributed by atoms with E-state index in [4.69, 9.17) is 21.9 Å². The Kier molecular flexibility index (Phi) is 6.22. The summed E-state index contributed by atoms with van der Waals surface area (Å²) in [7, 11) is 1.60. The summed E-state index contributed by atoms with van der Waals surface area (Å²) in [6.45, 7) is 7.52. The second kappa shape index (κ2) is 8.67. The van der Waals surface area contributed by atoms with Crippen LogP contribution in [0.2, 0.25) is 5.15 Å². The van der Waals surface area contributed by atoms with E-state index in [1.54, 1.807) is 20.0 Å². The lowest BCUT2D eigenvalue weighted by Crippen LogP contribution is -2.17. The smallest absolute Gasteiger partial charge is 0.196 e. The van der Waals surface area contributed by atoms with Gasteiger partial charge in [0.2, 0.25) is 0 Å². The molecule has 0 spiro atoms. The molecular weight excluding hydrogens is 402 g/mol. The first-order valence-electron chi connectivity index (χ1n) is 9.44. The van der Waals surface area contributed by atoms with E-state index in [1.807, 2.05) is 39.0 Å². The van der Waals surface area contributed by atoms with Crippen molar-refractivity contribution < 1.29 is 4.42 Å². The number of anilines is 1. The predicted octanol–water partition coefficient (Wildman–Crippen LogP) is 4.30. The molecule has 1 aromatic carbocycles. The molecule has 1 unspecified atom stereocenters. The minimum atomic E-state index is -0.175. The van der Waals surface area contributed by atoms with Gasteiger partial charge in [0.15, 0.2) is 11.2 Å². The monoisotopic (exact) mass is 425 g/mol. The van der Waals surface area contributed by atoms with Crippen LogP contribution in [0, 0.1) is 20.8 Å². The second-order valence-electron chi connectivity index (χ2n) is 7.15. The molecule has 156 valence electrons. The maximum atomic E-state index is 13.1. The molecule has 0 fully saturated rings. The number of aliphatic imine (C=N–C) groups is 1. The van der Waals surface area contributed by atoms with Crippen molar-refractivity contribution in [3.63, 3.8) is 0 Å². The van der Waals surface area contributed by atoms with Crippen molar-refractivity contribution in [2.24, 2.45) is 15.9 Å². The zero-order valence-electron chi connectivity index (χ0n) is 17.6. The van der Waals surface area contributed by atoms with Gasteiger partial charge in [-0.3, -0.25) is 9.79 Å². The highest BCUT2D eigenvalue weighted by atomic mass is 35.5. The van der Waals surface area contributed by atoms with E-state index >= 15 is 0 Å². The highest BCUT2D eigenvalue weighted by Crippen LogP contribution is 2.29. The summed E-state index contributed by atoms with van der Waals surface area (Å²) in [5.41, 5.74) is 4.51.